The van der Waals surface area contributed by atoms with Gasteiger partial charge in [-0.1, -0.05) is 30.3 Å². The van der Waals surface area contributed by atoms with E-state index in [1.54, 1.807) is 24.3 Å². The minimum Gasteiger partial charge on any atom is -0.379 e. The Morgan fingerprint density at radius 2 is 1.90 bits per heavy atom. The van der Waals surface area contributed by atoms with Crippen molar-refractivity contribution < 1.29 is 24.4 Å². The summed E-state index contributed by atoms with van der Waals surface area (Å²) in [5.41, 5.74) is -1.25. The minimum atomic E-state index is -2.02. The fourth-order valence-corrected chi connectivity index (χ4v) is 3.89. The maximum absolute atomic E-state index is 13.3. The molecule has 0 radical (unpaired) electrons. The Bertz CT molecular complexity index is 1000. The van der Waals surface area contributed by atoms with Crippen molar-refractivity contribution in [2.45, 2.75) is 12.0 Å². The van der Waals surface area contributed by atoms with Gasteiger partial charge in [0.15, 0.2) is 11.4 Å². The number of morpholine rings is 1. The number of para-hydroxylation sites is 1. The lowest BCUT2D eigenvalue weighted by Crippen LogP contribution is -2.49. The van der Waals surface area contributed by atoms with Gasteiger partial charge in [0.25, 0.3) is 11.6 Å². The molecule has 1 amide bonds. The number of carbonyl (C=O) groups is 2. The van der Waals surface area contributed by atoms with Crippen molar-refractivity contribution in [2.75, 3.05) is 37.9 Å². The van der Waals surface area contributed by atoms with Gasteiger partial charge in [-0.05, 0) is 6.07 Å². The van der Waals surface area contributed by atoms with E-state index in [0.29, 0.717) is 37.6 Å². The maximum atomic E-state index is 13.3. The Kier molecular flexibility index (Phi) is 5.33. The van der Waals surface area contributed by atoms with Crippen LogP contribution in [0.15, 0.2) is 48.5 Å². The van der Waals surface area contributed by atoms with E-state index in [-0.39, 0.29) is 17.9 Å². The summed E-state index contributed by atoms with van der Waals surface area (Å²) in [6, 6.07) is 12.1. The van der Waals surface area contributed by atoms with Gasteiger partial charge in [-0.2, -0.15) is 0 Å². The molecule has 156 valence electrons. The molecule has 9 heteroatoms. The van der Waals surface area contributed by atoms with Crippen molar-refractivity contribution in [1.82, 2.24) is 4.90 Å². The van der Waals surface area contributed by atoms with E-state index in [9.17, 15) is 24.8 Å². The van der Waals surface area contributed by atoms with Crippen LogP contribution >= 0.6 is 0 Å². The second-order valence-corrected chi connectivity index (χ2v) is 7.39. The van der Waals surface area contributed by atoms with Crippen LogP contribution in [0.5, 0.6) is 0 Å². The smallest absolute Gasteiger partial charge is 0.270 e. The number of ether oxygens (including phenoxy) is 1. The van der Waals surface area contributed by atoms with E-state index in [0.717, 1.165) is 6.07 Å². The molecule has 2 heterocycles. The number of nitro benzene ring substituents is 1. The number of carbonyl (C=O) groups excluding carboxylic acids is 2. The van der Waals surface area contributed by atoms with E-state index >= 15 is 0 Å². The number of amides is 1. The van der Waals surface area contributed by atoms with Gasteiger partial charge < -0.3 is 9.84 Å². The third-order valence-corrected chi connectivity index (χ3v) is 5.48. The van der Waals surface area contributed by atoms with Crippen LogP contribution in [0.2, 0.25) is 0 Å². The van der Waals surface area contributed by atoms with Crippen LogP contribution in [0.3, 0.4) is 0 Å². The summed E-state index contributed by atoms with van der Waals surface area (Å²) < 4.78 is 5.34. The van der Waals surface area contributed by atoms with Crippen LogP contribution in [-0.2, 0) is 15.1 Å². The number of hydrogen-bond donors (Lipinski definition) is 1. The fraction of sp³-hybridized carbons (Fsp3) is 0.333. The normalized spacial score (nSPS) is 21.5. The number of benzene rings is 2. The number of non-ortho nitro benzene ring substituents is 1. The Morgan fingerprint density at radius 1 is 1.17 bits per heavy atom. The summed E-state index contributed by atoms with van der Waals surface area (Å²) in [5, 5.41) is 22.3. The molecule has 2 aromatic rings. The van der Waals surface area contributed by atoms with E-state index in [1.165, 1.54) is 23.1 Å². The number of anilines is 1. The number of hydrogen-bond acceptors (Lipinski definition) is 7. The highest BCUT2D eigenvalue weighted by Crippen LogP contribution is 2.43. The third kappa shape index (κ3) is 3.58. The first-order chi connectivity index (χ1) is 14.4. The number of nitro groups is 1. The van der Waals surface area contributed by atoms with Gasteiger partial charge in [-0.25, -0.2) is 0 Å². The SMILES string of the molecule is O=C(C[C@@]1(O)C(=O)N(CN2CCOCC2)c2ccccc21)c1cccc([N+](=O)[O-])c1. The molecule has 0 aromatic heterocycles. The molecule has 0 aliphatic carbocycles. The van der Waals surface area contributed by atoms with E-state index in [1.807, 2.05) is 4.90 Å². The third-order valence-electron chi connectivity index (χ3n) is 5.48. The molecule has 1 atom stereocenters. The summed E-state index contributed by atoms with van der Waals surface area (Å²) in [6.07, 6.45) is -0.496. The predicted octanol–water partition coefficient (Wildman–Crippen LogP) is 1.69. The van der Waals surface area contributed by atoms with Gasteiger partial charge in [-0.15, -0.1) is 0 Å². The first-order valence-corrected chi connectivity index (χ1v) is 9.62. The summed E-state index contributed by atoms with van der Waals surface area (Å²) >= 11 is 0. The zero-order chi connectivity index (χ0) is 21.3. The first-order valence-electron chi connectivity index (χ1n) is 9.62. The fourth-order valence-electron chi connectivity index (χ4n) is 3.89. The molecule has 0 unspecified atom stereocenters. The molecule has 2 aliphatic heterocycles. The monoisotopic (exact) mass is 411 g/mol. The predicted molar refractivity (Wildman–Crippen MR) is 107 cm³/mol. The second-order valence-electron chi connectivity index (χ2n) is 7.39. The molecule has 1 saturated heterocycles. The van der Waals surface area contributed by atoms with Crippen molar-refractivity contribution in [1.29, 1.82) is 0 Å². The first kappa shape index (κ1) is 20.1. The molecular formula is C21H21N3O6. The van der Waals surface area contributed by atoms with E-state index < -0.39 is 28.6 Å². The molecule has 2 aromatic carbocycles. The van der Waals surface area contributed by atoms with Crippen LogP contribution in [0.4, 0.5) is 11.4 Å². The zero-order valence-electron chi connectivity index (χ0n) is 16.2. The number of nitrogens with zero attached hydrogens (tertiary/aromatic N) is 3. The Balaban J connectivity index is 1.62. The second kappa shape index (κ2) is 7.94. The van der Waals surface area contributed by atoms with Gasteiger partial charge in [0.1, 0.15) is 0 Å². The molecule has 1 N–H and O–H groups in total. The summed E-state index contributed by atoms with van der Waals surface area (Å²) in [7, 11) is 0. The van der Waals surface area contributed by atoms with Crippen LogP contribution in [0.1, 0.15) is 22.3 Å². The number of rotatable bonds is 6. The number of ketones is 1. The van der Waals surface area contributed by atoms with Crippen LogP contribution in [0, 0.1) is 10.1 Å². The number of Topliss-reactive ketones (excluding diaryl/α,β-unsaturated/α-hetero) is 1. The minimum absolute atomic E-state index is 0.0783. The molecule has 0 saturated carbocycles. The van der Waals surface area contributed by atoms with E-state index in [2.05, 4.69) is 0 Å². The standard InChI is InChI=1S/C21H21N3O6/c25-19(15-4-3-5-16(12-15)24(28)29)13-21(27)17-6-1-2-7-18(17)23(20(21)26)14-22-8-10-30-11-9-22/h1-7,12,27H,8-11,13-14H2/t21-/m0/s1. The van der Waals surface area contributed by atoms with Gasteiger partial charge >= 0.3 is 0 Å². The van der Waals surface area contributed by atoms with Crippen molar-refractivity contribution >= 4 is 23.1 Å². The molecular weight excluding hydrogens is 390 g/mol. The van der Waals surface area contributed by atoms with Gasteiger partial charge in [0.05, 0.1) is 36.9 Å². The molecule has 9 nitrogen and oxygen atoms in total. The lowest BCUT2D eigenvalue weighted by molar-refractivity contribution is -0.384. The van der Waals surface area contributed by atoms with Crippen molar-refractivity contribution in [3.8, 4) is 0 Å². The van der Waals surface area contributed by atoms with Gasteiger partial charge in [0, 0.05) is 36.3 Å². The molecule has 1 fully saturated rings. The van der Waals surface area contributed by atoms with Crippen molar-refractivity contribution in [3.63, 3.8) is 0 Å². The van der Waals surface area contributed by atoms with Crippen molar-refractivity contribution in [3.05, 3.63) is 69.8 Å². The van der Waals surface area contributed by atoms with Gasteiger partial charge in [-0.3, -0.25) is 29.5 Å². The molecule has 0 bridgehead atoms. The Labute approximate surface area is 172 Å². The molecule has 30 heavy (non-hydrogen) atoms. The van der Waals surface area contributed by atoms with Crippen LogP contribution in [-0.4, -0.2) is 59.6 Å². The summed E-state index contributed by atoms with van der Waals surface area (Å²) in [5.74, 6) is -1.12. The average molecular weight is 411 g/mol. The molecule has 0 spiro atoms. The average Bonchev–Trinajstić information content (AvgIpc) is 2.96. The van der Waals surface area contributed by atoms with Gasteiger partial charge in [0.2, 0.25) is 0 Å². The Hall–Kier alpha value is -3.14. The lowest BCUT2D eigenvalue weighted by atomic mass is 9.88. The number of fused-ring (bicyclic) bond motifs is 1. The Morgan fingerprint density at radius 3 is 2.63 bits per heavy atom. The zero-order valence-corrected chi connectivity index (χ0v) is 16.2. The highest BCUT2D eigenvalue weighted by atomic mass is 16.6. The highest BCUT2D eigenvalue weighted by Gasteiger charge is 2.51. The largest absolute Gasteiger partial charge is 0.379 e. The molecule has 4 rings (SSSR count). The maximum Gasteiger partial charge on any atom is 0.270 e. The topological polar surface area (TPSA) is 113 Å². The molecule has 2 aliphatic rings. The van der Waals surface area contributed by atoms with Crippen LogP contribution in [0.25, 0.3) is 0 Å². The highest BCUT2D eigenvalue weighted by molar-refractivity contribution is 6.10. The van der Waals surface area contributed by atoms with Crippen molar-refractivity contribution in [2.24, 2.45) is 0 Å². The van der Waals surface area contributed by atoms with Crippen LogP contribution < -0.4 is 4.90 Å². The summed E-state index contributed by atoms with van der Waals surface area (Å²) in [4.78, 5) is 40.1. The number of aliphatic hydroxyl groups is 1. The quantitative estimate of drug-likeness (QED) is 0.437. The van der Waals surface area contributed by atoms with E-state index in [4.69, 9.17) is 4.74 Å². The lowest BCUT2D eigenvalue weighted by Gasteiger charge is -2.31. The summed E-state index contributed by atoms with van der Waals surface area (Å²) in [6.45, 7) is 2.75.